The van der Waals surface area contributed by atoms with Crippen LogP contribution in [0.25, 0.3) is 0 Å². The van der Waals surface area contributed by atoms with Crippen molar-refractivity contribution in [2.45, 2.75) is 90.6 Å². The van der Waals surface area contributed by atoms with Gasteiger partial charge in [-0.1, -0.05) is 52.4 Å². The van der Waals surface area contributed by atoms with Gasteiger partial charge in [0, 0.05) is 6.54 Å². The summed E-state index contributed by atoms with van der Waals surface area (Å²) in [6, 6.07) is -0.272. The molecule has 0 aromatic rings. The van der Waals surface area contributed by atoms with E-state index >= 15 is 0 Å². The third kappa shape index (κ3) is 5.01. The maximum Gasteiger partial charge on any atom is 0.248 e. The van der Waals surface area contributed by atoms with Crippen molar-refractivity contribution in [3.05, 3.63) is 0 Å². The molecule has 0 aromatic carbocycles. The highest BCUT2D eigenvalue weighted by Crippen LogP contribution is 2.21. The molecule has 0 aliphatic carbocycles. The van der Waals surface area contributed by atoms with Crippen LogP contribution in [-0.2, 0) is 9.59 Å². The molecule has 1 fully saturated rings. The van der Waals surface area contributed by atoms with Crippen LogP contribution in [0, 0.1) is 0 Å². The number of hydrogen-bond donors (Lipinski definition) is 1. The van der Waals surface area contributed by atoms with Crippen LogP contribution in [0.1, 0.15) is 79.1 Å². The lowest BCUT2D eigenvalue weighted by molar-refractivity contribution is -0.153. The highest BCUT2D eigenvalue weighted by atomic mass is 16.2. The first kappa shape index (κ1) is 18.0. The van der Waals surface area contributed by atoms with E-state index in [1.54, 1.807) is 13.8 Å². The molecule has 2 amide bonds. The monoisotopic (exact) mass is 296 g/mol. The van der Waals surface area contributed by atoms with Gasteiger partial charge < -0.3 is 10.2 Å². The number of carbonyl (C=O) groups is 2. The SMILES string of the molecule is CCCCCCCCN1C(=O)C(C)(C)NC(=O)C1CCC. The molecular weight excluding hydrogens is 264 g/mol. The molecule has 0 spiro atoms. The Kier molecular flexibility index (Phi) is 7.20. The zero-order chi connectivity index (χ0) is 15.9. The first-order chi connectivity index (χ1) is 9.94. The largest absolute Gasteiger partial charge is 0.340 e. The fourth-order valence-electron chi connectivity index (χ4n) is 2.97. The van der Waals surface area contributed by atoms with Crippen LogP contribution in [0.15, 0.2) is 0 Å². The normalized spacial score (nSPS) is 21.5. The fourth-order valence-corrected chi connectivity index (χ4v) is 2.97. The first-order valence-corrected chi connectivity index (χ1v) is 8.57. The van der Waals surface area contributed by atoms with Crippen LogP contribution in [0.2, 0.25) is 0 Å². The maximum atomic E-state index is 12.6. The number of nitrogens with one attached hydrogen (secondary N) is 1. The standard InChI is InChI=1S/C17H32N2O2/c1-5-7-8-9-10-11-13-19-14(12-6-2)15(20)18-17(3,4)16(19)21/h14H,5-13H2,1-4H3,(H,18,20). The van der Waals surface area contributed by atoms with Crippen LogP contribution in [0.4, 0.5) is 0 Å². The van der Waals surface area contributed by atoms with E-state index in [2.05, 4.69) is 19.2 Å². The van der Waals surface area contributed by atoms with E-state index in [1.807, 2.05) is 4.90 Å². The molecule has 0 bridgehead atoms. The van der Waals surface area contributed by atoms with Crippen molar-refractivity contribution in [1.29, 1.82) is 0 Å². The van der Waals surface area contributed by atoms with E-state index in [9.17, 15) is 9.59 Å². The predicted octanol–water partition coefficient (Wildman–Crippen LogP) is 3.25. The summed E-state index contributed by atoms with van der Waals surface area (Å²) < 4.78 is 0. The summed E-state index contributed by atoms with van der Waals surface area (Å²) in [6.07, 6.45) is 8.85. The molecule has 122 valence electrons. The second-order valence-corrected chi connectivity index (χ2v) is 6.69. The summed E-state index contributed by atoms with van der Waals surface area (Å²) in [4.78, 5) is 26.6. The number of hydrogen-bond acceptors (Lipinski definition) is 2. The Bertz CT molecular complexity index is 353. The van der Waals surface area contributed by atoms with Crippen molar-refractivity contribution in [2.24, 2.45) is 0 Å². The van der Waals surface area contributed by atoms with Gasteiger partial charge in [-0.25, -0.2) is 0 Å². The number of carbonyl (C=O) groups excluding carboxylic acids is 2. The van der Waals surface area contributed by atoms with Gasteiger partial charge in [0.05, 0.1) is 0 Å². The number of rotatable bonds is 9. The van der Waals surface area contributed by atoms with Gasteiger partial charge in [0.1, 0.15) is 11.6 Å². The molecule has 0 aromatic heterocycles. The average molecular weight is 296 g/mol. The minimum atomic E-state index is -0.760. The summed E-state index contributed by atoms with van der Waals surface area (Å²) >= 11 is 0. The topological polar surface area (TPSA) is 49.4 Å². The smallest absolute Gasteiger partial charge is 0.248 e. The van der Waals surface area contributed by atoms with Gasteiger partial charge in [-0.05, 0) is 26.7 Å². The Morgan fingerprint density at radius 2 is 1.62 bits per heavy atom. The van der Waals surface area contributed by atoms with Crippen LogP contribution < -0.4 is 5.32 Å². The molecule has 1 heterocycles. The summed E-state index contributed by atoms with van der Waals surface area (Å²) in [5.41, 5.74) is -0.760. The summed E-state index contributed by atoms with van der Waals surface area (Å²) in [7, 11) is 0. The quantitative estimate of drug-likeness (QED) is 0.664. The zero-order valence-corrected chi connectivity index (χ0v) is 14.2. The second kappa shape index (κ2) is 8.40. The van der Waals surface area contributed by atoms with Gasteiger partial charge in [-0.2, -0.15) is 0 Å². The Balaban J connectivity index is 2.55. The average Bonchev–Trinajstić information content (AvgIpc) is 2.42. The summed E-state index contributed by atoms with van der Waals surface area (Å²) in [5.74, 6) is 0.0709. The third-order valence-electron chi connectivity index (χ3n) is 4.22. The molecule has 21 heavy (non-hydrogen) atoms. The number of amides is 2. The van der Waals surface area contributed by atoms with E-state index in [1.165, 1.54) is 25.7 Å². The van der Waals surface area contributed by atoms with Gasteiger partial charge in [0.25, 0.3) is 0 Å². The van der Waals surface area contributed by atoms with E-state index < -0.39 is 5.54 Å². The van der Waals surface area contributed by atoms with Gasteiger partial charge in [-0.15, -0.1) is 0 Å². The molecule has 1 atom stereocenters. The van der Waals surface area contributed by atoms with Crippen molar-refractivity contribution in [3.8, 4) is 0 Å². The Hall–Kier alpha value is -1.06. The highest BCUT2D eigenvalue weighted by molar-refractivity contribution is 5.99. The number of piperazine rings is 1. The first-order valence-electron chi connectivity index (χ1n) is 8.57. The molecular formula is C17H32N2O2. The molecule has 1 unspecified atom stereocenters. The lowest BCUT2D eigenvalue weighted by atomic mass is 9.94. The summed E-state index contributed by atoms with van der Waals surface area (Å²) in [5, 5.41) is 2.86. The van der Waals surface area contributed by atoms with Crippen molar-refractivity contribution in [3.63, 3.8) is 0 Å². The number of unbranched alkanes of at least 4 members (excludes halogenated alkanes) is 5. The van der Waals surface area contributed by atoms with Gasteiger partial charge in [0.15, 0.2) is 0 Å². The summed E-state index contributed by atoms with van der Waals surface area (Å²) in [6.45, 7) is 8.57. The Morgan fingerprint density at radius 1 is 1.00 bits per heavy atom. The van der Waals surface area contributed by atoms with E-state index in [0.29, 0.717) is 6.54 Å². The Labute approximate surface area is 129 Å². The van der Waals surface area contributed by atoms with E-state index in [4.69, 9.17) is 0 Å². The van der Waals surface area contributed by atoms with Gasteiger partial charge >= 0.3 is 0 Å². The second-order valence-electron chi connectivity index (χ2n) is 6.69. The Morgan fingerprint density at radius 3 is 2.24 bits per heavy atom. The lowest BCUT2D eigenvalue weighted by Crippen LogP contribution is -2.68. The molecule has 1 N–H and O–H groups in total. The molecule has 1 aliphatic rings. The molecule has 1 rings (SSSR count). The minimum absolute atomic E-state index is 0.00688. The van der Waals surface area contributed by atoms with Crippen LogP contribution >= 0.6 is 0 Å². The molecule has 1 aliphatic heterocycles. The fraction of sp³-hybridized carbons (Fsp3) is 0.882. The van der Waals surface area contributed by atoms with Crippen LogP contribution in [-0.4, -0.2) is 34.8 Å². The van der Waals surface area contributed by atoms with Crippen LogP contribution in [0.5, 0.6) is 0 Å². The number of nitrogens with zero attached hydrogens (tertiary/aromatic N) is 1. The van der Waals surface area contributed by atoms with E-state index in [0.717, 1.165) is 25.7 Å². The lowest BCUT2D eigenvalue weighted by Gasteiger charge is -2.43. The van der Waals surface area contributed by atoms with Gasteiger partial charge in [-0.3, -0.25) is 9.59 Å². The van der Waals surface area contributed by atoms with Gasteiger partial charge in [0.2, 0.25) is 11.8 Å². The van der Waals surface area contributed by atoms with Crippen molar-refractivity contribution < 1.29 is 9.59 Å². The predicted molar refractivity (Wildman–Crippen MR) is 86.0 cm³/mol. The molecule has 4 nitrogen and oxygen atoms in total. The molecule has 1 saturated heterocycles. The van der Waals surface area contributed by atoms with Crippen molar-refractivity contribution in [1.82, 2.24) is 10.2 Å². The van der Waals surface area contributed by atoms with E-state index in [-0.39, 0.29) is 17.9 Å². The molecule has 4 heteroatoms. The maximum absolute atomic E-state index is 12.6. The zero-order valence-electron chi connectivity index (χ0n) is 14.2. The van der Waals surface area contributed by atoms with Crippen molar-refractivity contribution >= 4 is 11.8 Å². The highest BCUT2D eigenvalue weighted by Gasteiger charge is 2.44. The minimum Gasteiger partial charge on any atom is -0.340 e. The van der Waals surface area contributed by atoms with Crippen molar-refractivity contribution in [2.75, 3.05) is 6.54 Å². The van der Waals surface area contributed by atoms with Crippen LogP contribution in [0.3, 0.4) is 0 Å². The molecule has 0 saturated carbocycles. The molecule has 0 radical (unpaired) electrons. The third-order valence-corrected chi connectivity index (χ3v) is 4.22.